The van der Waals surface area contributed by atoms with Gasteiger partial charge in [0.15, 0.2) is 0 Å². The summed E-state index contributed by atoms with van der Waals surface area (Å²) in [6.07, 6.45) is 0.768. The fraction of sp³-hybridized carbons (Fsp3) is 0.278. The van der Waals surface area contributed by atoms with Gasteiger partial charge in [0.25, 0.3) is 0 Å². The van der Waals surface area contributed by atoms with Crippen LogP contribution in [0.1, 0.15) is 29.5 Å². The summed E-state index contributed by atoms with van der Waals surface area (Å²) in [6, 6.07) is 15.3. The zero-order valence-electron chi connectivity index (χ0n) is 12.1. The molecule has 0 aromatic heterocycles. The summed E-state index contributed by atoms with van der Waals surface area (Å²) < 4.78 is 12.9. The SMILES string of the molecule is O=C(NC(CO)c1ccccc1)C1CC1c1ccc(F)cc1. The number of carbonyl (C=O) groups is 1. The molecule has 0 heterocycles. The Morgan fingerprint density at radius 1 is 1.18 bits per heavy atom. The molecular weight excluding hydrogens is 281 g/mol. The first-order chi connectivity index (χ1) is 10.7. The van der Waals surface area contributed by atoms with E-state index in [0.717, 1.165) is 17.5 Å². The first-order valence-electron chi connectivity index (χ1n) is 7.40. The van der Waals surface area contributed by atoms with Crippen molar-refractivity contribution in [2.75, 3.05) is 6.61 Å². The Hall–Kier alpha value is -2.20. The van der Waals surface area contributed by atoms with Crippen molar-refractivity contribution in [3.8, 4) is 0 Å². The van der Waals surface area contributed by atoms with E-state index in [1.165, 1.54) is 12.1 Å². The molecule has 0 radical (unpaired) electrons. The zero-order valence-corrected chi connectivity index (χ0v) is 12.1. The molecule has 3 nitrogen and oxygen atoms in total. The van der Waals surface area contributed by atoms with Gasteiger partial charge in [0.2, 0.25) is 5.91 Å². The van der Waals surface area contributed by atoms with Crippen molar-refractivity contribution in [1.29, 1.82) is 0 Å². The summed E-state index contributed by atoms with van der Waals surface area (Å²) in [7, 11) is 0. The number of amides is 1. The van der Waals surface area contributed by atoms with Crippen LogP contribution in [-0.2, 0) is 4.79 Å². The number of halogens is 1. The van der Waals surface area contributed by atoms with Crippen LogP contribution in [0.3, 0.4) is 0 Å². The zero-order chi connectivity index (χ0) is 15.5. The molecule has 4 heteroatoms. The van der Waals surface area contributed by atoms with E-state index in [4.69, 9.17) is 0 Å². The fourth-order valence-corrected chi connectivity index (χ4v) is 2.76. The van der Waals surface area contributed by atoms with Crippen molar-refractivity contribution in [1.82, 2.24) is 5.32 Å². The first-order valence-corrected chi connectivity index (χ1v) is 7.40. The summed E-state index contributed by atoms with van der Waals surface area (Å²) in [4.78, 5) is 12.3. The molecule has 0 bridgehead atoms. The molecule has 1 fully saturated rings. The van der Waals surface area contributed by atoms with Gasteiger partial charge in [-0.05, 0) is 35.6 Å². The Labute approximate surface area is 128 Å². The second-order valence-corrected chi connectivity index (χ2v) is 5.65. The Kier molecular flexibility index (Phi) is 4.20. The van der Waals surface area contributed by atoms with Crippen molar-refractivity contribution in [3.05, 3.63) is 71.5 Å². The lowest BCUT2D eigenvalue weighted by Gasteiger charge is -2.16. The fourth-order valence-electron chi connectivity index (χ4n) is 2.76. The van der Waals surface area contributed by atoms with Gasteiger partial charge in [0.1, 0.15) is 5.82 Å². The van der Waals surface area contributed by atoms with Crippen molar-refractivity contribution in [2.24, 2.45) is 5.92 Å². The third-order valence-electron chi connectivity index (χ3n) is 4.13. The number of hydrogen-bond acceptors (Lipinski definition) is 2. The summed E-state index contributed by atoms with van der Waals surface area (Å²) in [5, 5.41) is 12.4. The summed E-state index contributed by atoms with van der Waals surface area (Å²) in [5.41, 5.74) is 1.87. The molecule has 1 aliphatic rings. The average Bonchev–Trinajstić information content (AvgIpc) is 3.34. The minimum atomic E-state index is -0.386. The minimum Gasteiger partial charge on any atom is -0.394 e. The summed E-state index contributed by atoms with van der Waals surface area (Å²) >= 11 is 0. The molecule has 114 valence electrons. The number of nitrogens with one attached hydrogen (secondary N) is 1. The first kappa shape index (κ1) is 14.7. The predicted molar refractivity (Wildman–Crippen MR) is 81.7 cm³/mol. The van der Waals surface area contributed by atoms with E-state index in [-0.39, 0.29) is 36.2 Å². The number of hydrogen-bond donors (Lipinski definition) is 2. The van der Waals surface area contributed by atoms with Crippen LogP contribution in [0.4, 0.5) is 4.39 Å². The van der Waals surface area contributed by atoms with Crippen LogP contribution < -0.4 is 5.32 Å². The van der Waals surface area contributed by atoms with Crippen molar-refractivity contribution < 1.29 is 14.3 Å². The highest BCUT2D eigenvalue weighted by Gasteiger charge is 2.44. The molecule has 0 saturated heterocycles. The molecule has 3 atom stereocenters. The van der Waals surface area contributed by atoms with Crippen LogP contribution in [0.2, 0.25) is 0 Å². The van der Waals surface area contributed by atoms with Crippen LogP contribution in [-0.4, -0.2) is 17.6 Å². The van der Waals surface area contributed by atoms with Crippen LogP contribution in [0, 0.1) is 11.7 Å². The molecule has 2 N–H and O–H groups in total. The van der Waals surface area contributed by atoms with Gasteiger partial charge in [-0.1, -0.05) is 42.5 Å². The molecule has 0 spiro atoms. The van der Waals surface area contributed by atoms with Gasteiger partial charge < -0.3 is 10.4 Å². The molecule has 22 heavy (non-hydrogen) atoms. The molecule has 2 aromatic carbocycles. The smallest absolute Gasteiger partial charge is 0.224 e. The predicted octanol–water partition coefficient (Wildman–Crippen LogP) is 2.78. The third-order valence-corrected chi connectivity index (χ3v) is 4.13. The lowest BCUT2D eigenvalue weighted by molar-refractivity contribution is -0.123. The maximum absolute atomic E-state index is 12.9. The Balaban J connectivity index is 1.62. The van der Waals surface area contributed by atoms with Crippen LogP contribution in [0.15, 0.2) is 54.6 Å². The van der Waals surface area contributed by atoms with E-state index in [0.29, 0.717) is 0 Å². The molecular formula is C18H18FNO2. The van der Waals surface area contributed by atoms with Crippen LogP contribution in [0.5, 0.6) is 0 Å². The second-order valence-electron chi connectivity index (χ2n) is 5.65. The molecule has 2 aromatic rings. The highest BCUT2D eigenvalue weighted by atomic mass is 19.1. The lowest BCUT2D eigenvalue weighted by Crippen LogP contribution is -2.32. The van der Waals surface area contributed by atoms with Gasteiger partial charge in [-0.3, -0.25) is 4.79 Å². The van der Waals surface area contributed by atoms with Gasteiger partial charge >= 0.3 is 0 Å². The molecule has 3 rings (SSSR count). The number of rotatable bonds is 5. The number of carbonyl (C=O) groups excluding carboxylic acids is 1. The molecule has 3 unspecified atom stereocenters. The van der Waals surface area contributed by atoms with Gasteiger partial charge in [-0.25, -0.2) is 4.39 Å². The lowest BCUT2D eigenvalue weighted by atomic mass is 10.1. The Morgan fingerprint density at radius 2 is 1.86 bits per heavy atom. The molecule has 0 aliphatic heterocycles. The van der Waals surface area contributed by atoms with Gasteiger partial charge in [-0.15, -0.1) is 0 Å². The summed E-state index contributed by atoms with van der Waals surface area (Å²) in [6.45, 7) is -0.135. The van der Waals surface area contributed by atoms with Crippen LogP contribution in [0.25, 0.3) is 0 Å². The highest BCUT2D eigenvalue weighted by molar-refractivity contribution is 5.83. The van der Waals surface area contributed by atoms with Gasteiger partial charge in [0, 0.05) is 5.92 Å². The monoisotopic (exact) mass is 299 g/mol. The normalized spacial score (nSPS) is 21.2. The highest BCUT2D eigenvalue weighted by Crippen LogP contribution is 2.47. The molecule has 1 aliphatic carbocycles. The summed E-state index contributed by atoms with van der Waals surface area (Å²) in [5.74, 6) is -0.272. The standard InChI is InChI=1S/C18H18FNO2/c19-14-8-6-12(7-9-14)15-10-16(15)18(22)20-17(11-21)13-4-2-1-3-5-13/h1-9,15-17,21H,10-11H2,(H,20,22). The van der Waals surface area contributed by atoms with Crippen LogP contribution >= 0.6 is 0 Å². The number of aliphatic hydroxyl groups is 1. The van der Waals surface area contributed by atoms with Crippen molar-refractivity contribution in [2.45, 2.75) is 18.4 Å². The van der Waals surface area contributed by atoms with E-state index in [9.17, 15) is 14.3 Å². The number of aliphatic hydroxyl groups excluding tert-OH is 1. The maximum Gasteiger partial charge on any atom is 0.224 e. The molecule has 1 amide bonds. The second kappa shape index (κ2) is 6.28. The molecule has 1 saturated carbocycles. The maximum atomic E-state index is 12.9. The van der Waals surface area contributed by atoms with E-state index >= 15 is 0 Å². The van der Waals surface area contributed by atoms with Gasteiger partial charge in [-0.2, -0.15) is 0 Å². The van der Waals surface area contributed by atoms with E-state index in [1.807, 2.05) is 30.3 Å². The average molecular weight is 299 g/mol. The number of benzene rings is 2. The Bertz CT molecular complexity index is 642. The van der Waals surface area contributed by atoms with Crippen molar-refractivity contribution >= 4 is 5.91 Å². The minimum absolute atomic E-state index is 0.0581. The largest absolute Gasteiger partial charge is 0.394 e. The Morgan fingerprint density at radius 3 is 2.50 bits per heavy atom. The van der Waals surface area contributed by atoms with E-state index in [2.05, 4.69) is 5.32 Å². The van der Waals surface area contributed by atoms with Crippen molar-refractivity contribution in [3.63, 3.8) is 0 Å². The van der Waals surface area contributed by atoms with E-state index in [1.54, 1.807) is 12.1 Å². The third kappa shape index (κ3) is 3.17. The topological polar surface area (TPSA) is 49.3 Å². The van der Waals surface area contributed by atoms with Gasteiger partial charge in [0.05, 0.1) is 12.6 Å². The van der Waals surface area contributed by atoms with E-state index < -0.39 is 0 Å². The quantitative estimate of drug-likeness (QED) is 0.892.